The third kappa shape index (κ3) is 5.05. The van der Waals surface area contributed by atoms with Gasteiger partial charge in [-0.25, -0.2) is 4.98 Å². The molecule has 0 aliphatic carbocycles. The van der Waals surface area contributed by atoms with Gasteiger partial charge in [-0.05, 0) is 11.6 Å². The molecular formula is C20H25N4O2+. The number of amides is 2. The lowest BCUT2D eigenvalue weighted by molar-refractivity contribution is -0.364. The Hall–Kier alpha value is -2.89. The number of hydrogen-bond donors (Lipinski definition) is 1. The van der Waals surface area contributed by atoms with E-state index in [2.05, 4.69) is 15.2 Å². The summed E-state index contributed by atoms with van der Waals surface area (Å²) in [5.74, 6) is 1.04. The molecule has 6 nitrogen and oxygen atoms in total. The van der Waals surface area contributed by atoms with E-state index in [0.29, 0.717) is 19.6 Å². The predicted octanol–water partition coefficient (Wildman–Crippen LogP) is 1.25. The molecule has 1 aliphatic heterocycles. The Labute approximate surface area is 153 Å². The van der Waals surface area contributed by atoms with Crippen LogP contribution in [0.5, 0.6) is 0 Å². The Kier molecular flexibility index (Phi) is 6.19. The van der Waals surface area contributed by atoms with E-state index >= 15 is 0 Å². The average molecular weight is 353 g/mol. The predicted molar refractivity (Wildman–Crippen MR) is 99.3 cm³/mol. The van der Waals surface area contributed by atoms with Crippen molar-refractivity contribution in [2.24, 2.45) is 0 Å². The van der Waals surface area contributed by atoms with E-state index in [0.717, 1.165) is 24.5 Å². The van der Waals surface area contributed by atoms with Crippen LogP contribution in [0.25, 0.3) is 0 Å². The highest BCUT2D eigenvalue weighted by Gasteiger charge is 2.25. The quantitative estimate of drug-likeness (QED) is 0.850. The van der Waals surface area contributed by atoms with Gasteiger partial charge >= 0.3 is 0 Å². The normalized spacial score (nSPS) is 14.2. The van der Waals surface area contributed by atoms with Crippen LogP contribution in [0.2, 0.25) is 0 Å². The van der Waals surface area contributed by atoms with Gasteiger partial charge in [0, 0.05) is 25.5 Å². The van der Waals surface area contributed by atoms with Crippen LogP contribution in [0.3, 0.4) is 0 Å². The number of pyridine rings is 1. The maximum atomic E-state index is 12.3. The molecule has 2 N–H and O–H groups in total. The number of anilines is 1. The molecule has 0 saturated carbocycles. The number of hydrogen-bond acceptors (Lipinski definition) is 3. The summed E-state index contributed by atoms with van der Waals surface area (Å²) < 4.78 is 0. The van der Waals surface area contributed by atoms with Gasteiger partial charge < -0.3 is 10.2 Å². The van der Waals surface area contributed by atoms with Crippen molar-refractivity contribution in [1.82, 2.24) is 10.2 Å². The molecule has 1 aliphatic rings. The van der Waals surface area contributed by atoms with E-state index in [-0.39, 0.29) is 24.7 Å². The minimum absolute atomic E-state index is 0.0524. The second-order valence-corrected chi connectivity index (χ2v) is 6.38. The molecule has 26 heavy (non-hydrogen) atoms. The largest absolute Gasteiger partial charge is 0.352 e. The molecule has 3 rings (SSSR count). The lowest BCUT2D eigenvalue weighted by Gasteiger charge is -2.31. The molecule has 2 heterocycles. The number of carbonyl (C=O) groups is 2. The summed E-state index contributed by atoms with van der Waals surface area (Å²) in [6.45, 7) is 3.47. The van der Waals surface area contributed by atoms with E-state index in [1.807, 2.05) is 59.6 Å². The smallest absolute Gasteiger partial charge is 0.274 e. The van der Waals surface area contributed by atoms with Gasteiger partial charge in [0.25, 0.3) is 5.82 Å². The van der Waals surface area contributed by atoms with Crippen LogP contribution < -0.4 is 15.2 Å². The molecule has 0 spiro atoms. The van der Waals surface area contributed by atoms with Crippen molar-refractivity contribution in [3.05, 3.63) is 60.3 Å². The molecule has 0 bridgehead atoms. The average Bonchev–Trinajstić information content (AvgIpc) is 2.72. The van der Waals surface area contributed by atoms with Crippen LogP contribution in [0.1, 0.15) is 18.4 Å². The molecule has 136 valence electrons. The van der Waals surface area contributed by atoms with Crippen LogP contribution in [-0.4, -0.2) is 42.9 Å². The zero-order valence-corrected chi connectivity index (χ0v) is 14.9. The molecule has 1 aromatic heterocycles. The monoisotopic (exact) mass is 353 g/mol. The van der Waals surface area contributed by atoms with E-state index in [9.17, 15) is 9.59 Å². The number of aromatic nitrogens is 1. The van der Waals surface area contributed by atoms with Crippen molar-refractivity contribution in [2.75, 3.05) is 31.1 Å². The summed E-state index contributed by atoms with van der Waals surface area (Å²) >= 11 is 0. The number of nitrogens with zero attached hydrogens (tertiary/aromatic N) is 2. The standard InChI is InChI=1S/C20H24N4O2/c25-19(22-16-17-6-2-1-3-7-17)9-10-20(26)24-14-12-23(13-15-24)18-8-4-5-11-21-18/h1-8,11H,9-10,12-16H2,(H,22,25)/p+1. The number of benzene rings is 1. The number of aromatic amines is 1. The first-order valence-electron chi connectivity index (χ1n) is 9.02. The van der Waals surface area contributed by atoms with Crippen LogP contribution in [-0.2, 0) is 16.1 Å². The minimum atomic E-state index is -0.0836. The van der Waals surface area contributed by atoms with Gasteiger partial charge in [-0.2, -0.15) is 0 Å². The molecule has 1 saturated heterocycles. The van der Waals surface area contributed by atoms with Crippen LogP contribution in [0.15, 0.2) is 54.7 Å². The van der Waals surface area contributed by atoms with Gasteiger partial charge in [0.05, 0.1) is 19.3 Å². The topological polar surface area (TPSA) is 66.8 Å². The third-order valence-electron chi connectivity index (χ3n) is 4.56. The maximum Gasteiger partial charge on any atom is 0.274 e. The lowest BCUT2D eigenvalue weighted by Crippen LogP contribution is -2.50. The second-order valence-electron chi connectivity index (χ2n) is 6.38. The number of carbonyl (C=O) groups excluding carboxylic acids is 2. The molecule has 1 aromatic carbocycles. The zero-order valence-electron chi connectivity index (χ0n) is 14.9. The summed E-state index contributed by atoms with van der Waals surface area (Å²) in [5, 5.41) is 2.86. The van der Waals surface area contributed by atoms with Crippen molar-refractivity contribution in [1.29, 1.82) is 0 Å². The van der Waals surface area contributed by atoms with Gasteiger partial charge in [0.2, 0.25) is 11.8 Å². The summed E-state index contributed by atoms with van der Waals surface area (Å²) in [4.78, 5) is 31.6. The number of nitrogens with one attached hydrogen (secondary N) is 2. The summed E-state index contributed by atoms with van der Waals surface area (Å²) in [7, 11) is 0. The molecule has 1 fully saturated rings. The van der Waals surface area contributed by atoms with Gasteiger partial charge in [-0.3, -0.25) is 14.5 Å². The van der Waals surface area contributed by atoms with Crippen molar-refractivity contribution in [3.63, 3.8) is 0 Å². The highest BCUT2D eigenvalue weighted by Crippen LogP contribution is 2.11. The van der Waals surface area contributed by atoms with Gasteiger partial charge in [0.15, 0.2) is 0 Å². The summed E-state index contributed by atoms with van der Waals surface area (Å²) in [6.07, 6.45) is 2.40. The third-order valence-corrected chi connectivity index (χ3v) is 4.56. The first-order valence-corrected chi connectivity index (χ1v) is 9.02. The molecule has 2 amide bonds. The van der Waals surface area contributed by atoms with E-state index in [4.69, 9.17) is 0 Å². The molecule has 0 atom stereocenters. The summed E-state index contributed by atoms with van der Waals surface area (Å²) in [6, 6.07) is 15.7. The first-order chi connectivity index (χ1) is 12.7. The molecular weight excluding hydrogens is 328 g/mol. The fourth-order valence-electron chi connectivity index (χ4n) is 3.04. The van der Waals surface area contributed by atoms with E-state index < -0.39 is 0 Å². The fourth-order valence-corrected chi connectivity index (χ4v) is 3.04. The maximum absolute atomic E-state index is 12.3. The lowest BCUT2D eigenvalue weighted by atomic mass is 10.2. The Bertz CT molecular complexity index is 713. The van der Waals surface area contributed by atoms with Crippen LogP contribution >= 0.6 is 0 Å². The van der Waals surface area contributed by atoms with Crippen molar-refractivity contribution < 1.29 is 14.6 Å². The van der Waals surface area contributed by atoms with Crippen LogP contribution in [0.4, 0.5) is 5.82 Å². The molecule has 0 unspecified atom stereocenters. The Balaban J connectivity index is 1.37. The number of H-pyrrole nitrogens is 1. The SMILES string of the molecule is O=C(CCC(=O)N1CCN(c2cccc[nH+]2)CC1)NCc1ccccc1. The van der Waals surface area contributed by atoms with Gasteiger partial charge in [-0.15, -0.1) is 0 Å². The number of rotatable bonds is 6. The van der Waals surface area contributed by atoms with Crippen molar-refractivity contribution >= 4 is 17.6 Å². The van der Waals surface area contributed by atoms with E-state index in [1.54, 1.807) is 0 Å². The summed E-state index contributed by atoms with van der Waals surface area (Å²) in [5.41, 5.74) is 1.06. The van der Waals surface area contributed by atoms with Gasteiger partial charge in [-0.1, -0.05) is 36.4 Å². The van der Waals surface area contributed by atoms with Crippen molar-refractivity contribution in [3.8, 4) is 0 Å². The molecule has 2 aromatic rings. The van der Waals surface area contributed by atoms with Crippen LogP contribution in [0, 0.1) is 0 Å². The Morgan fingerprint density at radius 3 is 2.35 bits per heavy atom. The number of piperazine rings is 1. The van der Waals surface area contributed by atoms with Crippen molar-refractivity contribution in [2.45, 2.75) is 19.4 Å². The van der Waals surface area contributed by atoms with E-state index in [1.165, 1.54) is 0 Å². The molecule has 6 heteroatoms. The highest BCUT2D eigenvalue weighted by atomic mass is 16.2. The molecule has 0 radical (unpaired) electrons. The zero-order chi connectivity index (χ0) is 18.2. The second kappa shape index (κ2) is 8.99. The Morgan fingerprint density at radius 2 is 1.65 bits per heavy atom. The minimum Gasteiger partial charge on any atom is -0.352 e. The fraction of sp³-hybridized carbons (Fsp3) is 0.350. The highest BCUT2D eigenvalue weighted by molar-refractivity contribution is 5.83. The first kappa shape index (κ1) is 17.9. The Morgan fingerprint density at radius 1 is 0.923 bits per heavy atom. The van der Waals surface area contributed by atoms with Gasteiger partial charge in [0.1, 0.15) is 13.1 Å².